The quantitative estimate of drug-likeness (QED) is 0.857. The van der Waals surface area contributed by atoms with Crippen LogP contribution in [0.4, 0.5) is 0 Å². The molecule has 0 radical (unpaired) electrons. The predicted octanol–water partition coefficient (Wildman–Crippen LogP) is 2.53. The Hall–Kier alpha value is -1.74. The maximum Gasteiger partial charge on any atom is 0.159 e. The number of benzene rings is 1. The van der Waals surface area contributed by atoms with Crippen molar-refractivity contribution in [2.24, 2.45) is 5.73 Å². The predicted molar refractivity (Wildman–Crippen MR) is 69.6 cm³/mol. The van der Waals surface area contributed by atoms with Crippen LogP contribution in [0.25, 0.3) is 11.4 Å². The van der Waals surface area contributed by atoms with E-state index in [0.29, 0.717) is 6.54 Å². The van der Waals surface area contributed by atoms with E-state index in [-0.39, 0.29) is 0 Å². The van der Waals surface area contributed by atoms with Crippen molar-refractivity contribution in [2.45, 2.75) is 27.3 Å². The normalized spacial score (nSPS) is 10.6. The minimum Gasteiger partial charge on any atom is -0.325 e. The fraction of sp³-hybridized carbons (Fsp3) is 0.286. The first kappa shape index (κ1) is 11.7. The molecule has 0 aliphatic heterocycles. The zero-order valence-corrected chi connectivity index (χ0v) is 10.5. The van der Waals surface area contributed by atoms with E-state index in [9.17, 15) is 0 Å². The Bertz CT molecular complexity index is 547. The van der Waals surface area contributed by atoms with Crippen LogP contribution >= 0.6 is 0 Å². The molecule has 3 heteroatoms. The van der Waals surface area contributed by atoms with E-state index in [1.54, 1.807) is 0 Å². The molecule has 0 unspecified atom stereocenters. The van der Waals surface area contributed by atoms with E-state index in [0.717, 1.165) is 28.3 Å². The monoisotopic (exact) mass is 227 g/mol. The molecule has 0 bridgehead atoms. The van der Waals surface area contributed by atoms with Gasteiger partial charge in [0.25, 0.3) is 0 Å². The van der Waals surface area contributed by atoms with E-state index in [2.05, 4.69) is 23.0 Å². The number of nitrogens with two attached hydrogens (primary N) is 1. The van der Waals surface area contributed by atoms with Crippen molar-refractivity contribution in [3.63, 3.8) is 0 Å². The summed E-state index contributed by atoms with van der Waals surface area (Å²) in [7, 11) is 0. The van der Waals surface area contributed by atoms with Gasteiger partial charge in [0, 0.05) is 17.8 Å². The molecule has 2 aromatic rings. The molecular formula is C14H17N3. The van der Waals surface area contributed by atoms with Gasteiger partial charge in [0.05, 0.1) is 5.69 Å². The zero-order chi connectivity index (χ0) is 12.4. The molecule has 0 aliphatic carbocycles. The Morgan fingerprint density at radius 3 is 2.41 bits per heavy atom. The van der Waals surface area contributed by atoms with Gasteiger partial charge in [0.1, 0.15) is 0 Å². The standard InChI is InChI=1S/C14H17N3/c1-9-6-4-5-7-12(9)14-16-11(3)10(2)13(8-15)17-14/h4-7H,8,15H2,1-3H3. The molecule has 0 atom stereocenters. The molecule has 0 spiro atoms. The summed E-state index contributed by atoms with van der Waals surface area (Å²) in [5.74, 6) is 0.770. The number of nitrogens with zero attached hydrogens (tertiary/aromatic N) is 2. The van der Waals surface area contributed by atoms with Crippen LogP contribution in [0.2, 0.25) is 0 Å². The highest BCUT2D eigenvalue weighted by Crippen LogP contribution is 2.21. The fourth-order valence-corrected chi connectivity index (χ4v) is 1.83. The van der Waals surface area contributed by atoms with Gasteiger partial charge >= 0.3 is 0 Å². The Morgan fingerprint density at radius 2 is 1.76 bits per heavy atom. The van der Waals surface area contributed by atoms with Gasteiger partial charge in [0.2, 0.25) is 0 Å². The molecular weight excluding hydrogens is 210 g/mol. The summed E-state index contributed by atoms with van der Waals surface area (Å²) in [4.78, 5) is 9.09. The lowest BCUT2D eigenvalue weighted by atomic mass is 10.1. The maximum absolute atomic E-state index is 5.71. The lowest BCUT2D eigenvalue weighted by Crippen LogP contribution is -2.07. The summed E-state index contributed by atoms with van der Waals surface area (Å²) in [6, 6.07) is 8.13. The third-order valence-corrected chi connectivity index (χ3v) is 3.07. The van der Waals surface area contributed by atoms with Crippen molar-refractivity contribution in [3.05, 3.63) is 46.8 Å². The van der Waals surface area contributed by atoms with Gasteiger partial charge in [-0.1, -0.05) is 24.3 Å². The number of aromatic nitrogens is 2. The van der Waals surface area contributed by atoms with Crippen molar-refractivity contribution in [1.82, 2.24) is 9.97 Å². The summed E-state index contributed by atoms with van der Waals surface area (Å²) < 4.78 is 0. The average Bonchev–Trinajstić information content (AvgIpc) is 2.33. The number of hydrogen-bond donors (Lipinski definition) is 1. The van der Waals surface area contributed by atoms with Gasteiger partial charge in [-0.2, -0.15) is 0 Å². The minimum absolute atomic E-state index is 0.452. The van der Waals surface area contributed by atoms with E-state index in [1.807, 2.05) is 32.0 Å². The number of rotatable bonds is 2. The van der Waals surface area contributed by atoms with Crippen LogP contribution in [-0.4, -0.2) is 9.97 Å². The van der Waals surface area contributed by atoms with Crippen LogP contribution in [0.15, 0.2) is 24.3 Å². The topological polar surface area (TPSA) is 51.8 Å². The third-order valence-electron chi connectivity index (χ3n) is 3.07. The lowest BCUT2D eigenvalue weighted by Gasteiger charge is -2.10. The van der Waals surface area contributed by atoms with Crippen LogP contribution in [0.3, 0.4) is 0 Å². The minimum atomic E-state index is 0.452. The Kier molecular flexibility index (Phi) is 3.20. The van der Waals surface area contributed by atoms with Gasteiger partial charge in [0.15, 0.2) is 5.82 Å². The Balaban J connectivity index is 2.61. The molecule has 3 nitrogen and oxygen atoms in total. The van der Waals surface area contributed by atoms with Gasteiger partial charge in [-0.3, -0.25) is 0 Å². The maximum atomic E-state index is 5.71. The summed E-state index contributed by atoms with van der Waals surface area (Å²) in [5.41, 5.74) is 11.0. The molecule has 17 heavy (non-hydrogen) atoms. The number of aryl methyl sites for hydroxylation is 2. The van der Waals surface area contributed by atoms with E-state index in [1.165, 1.54) is 5.56 Å². The summed E-state index contributed by atoms with van der Waals surface area (Å²) in [5, 5.41) is 0. The smallest absolute Gasteiger partial charge is 0.159 e. The third kappa shape index (κ3) is 2.19. The molecule has 88 valence electrons. The molecule has 0 amide bonds. The highest BCUT2D eigenvalue weighted by atomic mass is 14.9. The lowest BCUT2D eigenvalue weighted by molar-refractivity contribution is 0.925. The second kappa shape index (κ2) is 4.63. The van der Waals surface area contributed by atoms with E-state index >= 15 is 0 Å². The summed E-state index contributed by atoms with van der Waals surface area (Å²) in [6.07, 6.45) is 0. The van der Waals surface area contributed by atoms with Crippen LogP contribution in [0.5, 0.6) is 0 Å². The first-order valence-electron chi connectivity index (χ1n) is 5.73. The molecule has 0 saturated heterocycles. The Morgan fingerprint density at radius 1 is 1.06 bits per heavy atom. The van der Waals surface area contributed by atoms with E-state index < -0.39 is 0 Å². The van der Waals surface area contributed by atoms with Gasteiger partial charge < -0.3 is 5.73 Å². The molecule has 2 rings (SSSR count). The van der Waals surface area contributed by atoms with Crippen molar-refractivity contribution in [2.75, 3.05) is 0 Å². The second-order valence-corrected chi connectivity index (χ2v) is 4.22. The van der Waals surface area contributed by atoms with Crippen molar-refractivity contribution >= 4 is 0 Å². The van der Waals surface area contributed by atoms with Crippen LogP contribution in [0.1, 0.15) is 22.5 Å². The van der Waals surface area contributed by atoms with Crippen molar-refractivity contribution in [3.8, 4) is 11.4 Å². The first-order chi connectivity index (χ1) is 8.13. The van der Waals surface area contributed by atoms with Crippen LogP contribution in [-0.2, 0) is 6.54 Å². The van der Waals surface area contributed by atoms with Gasteiger partial charge in [-0.15, -0.1) is 0 Å². The molecule has 1 aromatic heterocycles. The number of hydrogen-bond acceptors (Lipinski definition) is 3. The molecule has 1 heterocycles. The highest BCUT2D eigenvalue weighted by Gasteiger charge is 2.09. The van der Waals surface area contributed by atoms with Crippen molar-refractivity contribution < 1.29 is 0 Å². The van der Waals surface area contributed by atoms with Crippen molar-refractivity contribution in [1.29, 1.82) is 0 Å². The molecule has 1 aromatic carbocycles. The molecule has 0 fully saturated rings. The summed E-state index contributed by atoms with van der Waals surface area (Å²) in [6.45, 7) is 6.53. The summed E-state index contributed by atoms with van der Waals surface area (Å²) >= 11 is 0. The first-order valence-corrected chi connectivity index (χ1v) is 5.73. The van der Waals surface area contributed by atoms with Crippen LogP contribution in [0, 0.1) is 20.8 Å². The highest BCUT2D eigenvalue weighted by molar-refractivity contribution is 5.60. The van der Waals surface area contributed by atoms with Crippen LogP contribution < -0.4 is 5.73 Å². The molecule has 0 aliphatic rings. The molecule has 2 N–H and O–H groups in total. The largest absolute Gasteiger partial charge is 0.325 e. The van der Waals surface area contributed by atoms with Gasteiger partial charge in [-0.05, 0) is 31.9 Å². The molecule has 0 saturated carbocycles. The fourth-order valence-electron chi connectivity index (χ4n) is 1.83. The SMILES string of the molecule is Cc1ccccc1-c1nc(C)c(C)c(CN)n1. The van der Waals surface area contributed by atoms with Gasteiger partial charge in [-0.25, -0.2) is 9.97 Å². The van der Waals surface area contributed by atoms with E-state index in [4.69, 9.17) is 5.73 Å². The Labute approximate surface area is 102 Å². The second-order valence-electron chi connectivity index (χ2n) is 4.22. The average molecular weight is 227 g/mol. The zero-order valence-electron chi connectivity index (χ0n) is 10.5.